The van der Waals surface area contributed by atoms with Gasteiger partial charge in [0.05, 0.1) is 6.21 Å². The molecule has 0 bridgehead atoms. The first-order chi connectivity index (χ1) is 7.50. The zero-order valence-corrected chi connectivity index (χ0v) is 9.69. The maximum Gasteiger partial charge on any atom is 0.332 e. The van der Waals surface area contributed by atoms with Gasteiger partial charge in [0, 0.05) is 19.8 Å². The molecule has 5 nitrogen and oxygen atoms in total. The summed E-state index contributed by atoms with van der Waals surface area (Å²) >= 11 is 0. The van der Waals surface area contributed by atoms with Crippen molar-refractivity contribution in [1.82, 2.24) is 5.43 Å². The molecule has 0 fully saturated rings. The van der Waals surface area contributed by atoms with Gasteiger partial charge in [0.2, 0.25) is 0 Å². The third kappa shape index (κ3) is 3.27. The summed E-state index contributed by atoms with van der Waals surface area (Å²) in [6.45, 7) is 1.98. The van der Waals surface area contributed by atoms with Crippen molar-refractivity contribution in [2.45, 2.75) is 6.92 Å². The number of primary amides is 1. The van der Waals surface area contributed by atoms with Crippen LogP contribution < -0.4 is 16.1 Å². The number of rotatable bonds is 3. The van der Waals surface area contributed by atoms with Crippen LogP contribution in [-0.4, -0.2) is 26.3 Å². The van der Waals surface area contributed by atoms with Crippen LogP contribution >= 0.6 is 0 Å². The van der Waals surface area contributed by atoms with Crippen LogP contribution in [0.25, 0.3) is 0 Å². The molecular formula is C11H16N4O. The molecule has 0 aliphatic heterocycles. The third-order valence-electron chi connectivity index (χ3n) is 2.15. The molecule has 1 aromatic rings. The summed E-state index contributed by atoms with van der Waals surface area (Å²) in [5.74, 6) is 0. The van der Waals surface area contributed by atoms with Crippen molar-refractivity contribution >= 4 is 17.9 Å². The highest BCUT2D eigenvalue weighted by Crippen LogP contribution is 2.15. The van der Waals surface area contributed by atoms with Gasteiger partial charge in [-0.1, -0.05) is 6.07 Å². The molecule has 0 aliphatic rings. The maximum absolute atomic E-state index is 10.4. The quantitative estimate of drug-likeness (QED) is 0.590. The van der Waals surface area contributed by atoms with E-state index in [0.717, 1.165) is 16.8 Å². The van der Waals surface area contributed by atoms with Gasteiger partial charge in [0.25, 0.3) is 0 Å². The molecule has 0 heterocycles. The summed E-state index contributed by atoms with van der Waals surface area (Å²) < 4.78 is 0. The Labute approximate surface area is 94.9 Å². The molecule has 0 unspecified atom stereocenters. The SMILES string of the molecule is Cc1cc(N(C)C)ccc1C=NNC(N)=O. The van der Waals surface area contributed by atoms with E-state index in [1.807, 2.05) is 44.1 Å². The number of anilines is 1. The average molecular weight is 220 g/mol. The van der Waals surface area contributed by atoms with Crippen LogP contribution in [0.2, 0.25) is 0 Å². The Morgan fingerprint density at radius 2 is 2.19 bits per heavy atom. The minimum absolute atomic E-state index is 0.668. The summed E-state index contributed by atoms with van der Waals surface area (Å²) in [7, 11) is 3.97. The van der Waals surface area contributed by atoms with Crippen molar-refractivity contribution in [1.29, 1.82) is 0 Å². The molecule has 5 heteroatoms. The molecule has 16 heavy (non-hydrogen) atoms. The van der Waals surface area contributed by atoms with Crippen LogP contribution in [0.4, 0.5) is 10.5 Å². The minimum Gasteiger partial charge on any atom is -0.378 e. The smallest absolute Gasteiger partial charge is 0.332 e. The lowest BCUT2D eigenvalue weighted by atomic mass is 10.1. The Bertz CT molecular complexity index is 412. The van der Waals surface area contributed by atoms with Gasteiger partial charge < -0.3 is 10.6 Å². The predicted octanol–water partition coefficient (Wildman–Crippen LogP) is 1.06. The van der Waals surface area contributed by atoms with Crippen molar-refractivity contribution in [2.75, 3.05) is 19.0 Å². The fraction of sp³-hybridized carbons (Fsp3) is 0.273. The molecule has 0 atom stereocenters. The van der Waals surface area contributed by atoms with E-state index >= 15 is 0 Å². The van der Waals surface area contributed by atoms with Crippen molar-refractivity contribution in [3.63, 3.8) is 0 Å². The van der Waals surface area contributed by atoms with Gasteiger partial charge in [0.15, 0.2) is 0 Å². The lowest BCUT2D eigenvalue weighted by molar-refractivity contribution is 0.249. The average Bonchev–Trinajstić information content (AvgIpc) is 2.19. The van der Waals surface area contributed by atoms with Gasteiger partial charge in [0.1, 0.15) is 0 Å². The molecule has 0 radical (unpaired) electrons. The highest BCUT2D eigenvalue weighted by Gasteiger charge is 1.99. The number of hydrazone groups is 1. The zero-order valence-electron chi connectivity index (χ0n) is 9.69. The fourth-order valence-electron chi connectivity index (χ4n) is 1.25. The van der Waals surface area contributed by atoms with Gasteiger partial charge >= 0.3 is 6.03 Å². The second-order valence-corrected chi connectivity index (χ2v) is 3.67. The van der Waals surface area contributed by atoms with Crippen molar-refractivity contribution in [3.05, 3.63) is 29.3 Å². The van der Waals surface area contributed by atoms with Gasteiger partial charge in [-0.3, -0.25) is 0 Å². The number of nitrogens with one attached hydrogen (secondary N) is 1. The van der Waals surface area contributed by atoms with E-state index in [-0.39, 0.29) is 0 Å². The maximum atomic E-state index is 10.4. The number of nitrogens with zero attached hydrogens (tertiary/aromatic N) is 2. The predicted molar refractivity (Wildman–Crippen MR) is 65.8 cm³/mol. The van der Waals surface area contributed by atoms with Crippen LogP contribution in [0, 0.1) is 6.92 Å². The van der Waals surface area contributed by atoms with Gasteiger partial charge in [-0.15, -0.1) is 0 Å². The van der Waals surface area contributed by atoms with Crippen molar-refractivity contribution < 1.29 is 4.79 Å². The number of amides is 2. The van der Waals surface area contributed by atoms with E-state index in [1.165, 1.54) is 0 Å². The molecule has 86 valence electrons. The molecule has 0 aromatic heterocycles. The Kier molecular flexibility index (Phi) is 3.88. The second-order valence-electron chi connectivity index (χ2n) is 3.67. The van der Waals surface area contributed by atoms with E-state index in [9.17, 15) is 4.79 Å². The van der Waals surface area contributed by atoms with Crippen LogP contribution in [0.3, 0.4) is 0 Å². The fourth-order valence-corrected chi connectivity index (χ4v) is 1.25. The standard InChI is InChI=1S/C11H16N4O/c1-8-6-10(15(2)3)5-4-9(8)7-13-14-11(12)16/h4-7H,1-3H3,(H3,12,14,16). The van der Waals surface area contributed by atoms with E-state index in [2.05, 4.69) is 10.5 Å². The zero-order chi connectivity index (χ0) is 12.1. The van der Waals surface area contributed by atoms with Gasteiger partial charge in [-0.25, -0.2) is 10.2 Å². The summed E-state index contributed by atoms with van der Waals surface area (Å²) in [5.41, 5.74) is 10.2. The van der Waals surface area contributed by atoms with E-state index in [0.29, 0.717) is 0 Å². The number of hydrogen-bond acceptors (Lipinski definition) is 3. The largest absolute Gasteiger partial charge is 0.378 e. The first kappa shape index (κ1) is 12.0. The summed E-state index contributed by atoms with van der Waals surface area (Å²) in [4.78, 5) is 12.4. The number of carbonyl (C=O) groups is 1. The molecule has 0 saturated carbocycles. The number of urea groups is 1. The third-order valence-corrected chi connectivity index (χ3v) is 2.15. The van der Waals surface area contributed by atoms with E-state index in [1.54, 1.807) is 6.21 Å². The molecule has 3 N–H and O–H groups in total. The van der Waals surface area contributed by atoms with Crippen LogP contribution in [-0.2, 0) is 0 Å². The number of carbonyl (C=O) groups excluding carboxylic acids is 1. The molecule has 1 rings (SSSR count). The Morgan fingerprint density at radius 1 is 1.50 bits per heavy atom. The molecule has 0 saturated heterocycles. The Morgan fingerprint density at radius 3 is 2.69 bits per heavy atom. The first-order valence-electron chi connectivity index (χ1n) is 4.87. The molecule has 2 amide bonds. The Hall–Kier alpha value is -2.04. The Balaban J connectivity index is 2.83. The first-order valence-corrected chi connectivity index (χ1v) is 4.87. The van der Waals surface area contributed by atoms with Crippen molar-refractivity contribution in [2.24, 2.45) is 10.8 Å². The molecule has 0 aliphatic carbocycles. The number of aryl methyl sites for hydroxylation is 1. The normalized spacial score (nSPS) is 10.4. The monoisotopic (exact) mass is 220 g/mol. The van der Waals surface area contributed by atoms with E-state index < -0.39 is 6.03 Å². The summed E-state index contributed by atoms with van der Waals surface area (Å²) in [5, 5.41) is 3.71. The van der Waals surface area contributed by atoms with Gasteiger partial charge in [-0.2, -0.15) is 5.10 Å². The number of nitrogens with two attached hydrogens (primary N) is 1. The highest BCUT2D eigenvalue weighted by atomic mass is 16.2. The van der Waals surface area contributed by atoms with Crippen LogP contribution in [0.5, 0.6) is 0 Å². The summed E-state index contributed by atoms with van der Waals surface area (Å²) in [6, 6.07) is 5.31. The molecule has 0 spiro atoms. The number of benzene rings is 1. The molecule has 1 aromatic carbocycles. The topological polar surface area (TPSA) is 70.7 Å². The molecular weight excluding hydrogens is 204 g/mol. The van der Waals surface area contributed by atoms with Crippen LogP contribution in [0.15, 0.2) is 23.3 Å². The summed E-state index contributed by atoms with van der Waals surface area (Å²) in [6.07, 6.45) is 1.57. The van der Waals surface area contributed by atoms with Gasteiger partial charge in [-0.05, 0) is 30.2 Å². The van der Waals surface area contributed by atoms with Crippen molar-refractivity contribution in [3.8, 4) is 0 Å². The van der Waals surface area contributed by atoms with Crippen LogP contribution in [0.1, 0.15) is 11.1 Å². The minimum atomic E-state index is -0.668. The lowest BCUT2D eigenvalue weighted by Crippen LogP contribution is -2.24. The number of hydrogen-bond donors (Lipinski definition) is 2. The second kappa shape index (κ2) is 5.16. The van der Waals surface area contributed by atoms with E-state index in [4.69, 9.17) is 5.73 Å². The lowest BCUT2D eigenvalue weighted by Gasteiger charge is -2.13. The highest BCUT2D eigenvalue weighted by molar-refractivity contribution is 5.83.